The van der Waals surface area contributed by atoms with E-state index in [1.165, 1.54) is 0 Å². The number of aromatic nitrogens is 5. The quantitative estimate of drug-likeness (QED) is 0.434. The first-order valence-corrected chi connectivity index (χ1v) is 11.9. The number of pyridine rings is 1. The maximum absolute atomic E-state index is 4.83. The summed E-state index contributed by atoms with van der Waals surface area (Å²) in [6.45, 7) is 11.8. The van der Waals surface area contributed by atoms with Crippen molar-refractivity contribution in [2.45, 2.75) is 26.8 Å². The zero-order valence-corrected chi connectivity index (χ0v) is 20.2. The van der Waals surface area contributed by atoms with Gasteiger partial charge in [-0.05, 0) is 38.6 Å². The summed E-state index contributed by atoms with van der Waals surface area (Å²) in [7, 11) is 0. The van der Waals surface area contributed by atoms with Crippen LogP contribution in [-0.2, 0) is 0 Å². The van der Waals surface area contributed by atoms with E-state index in [0.717, 1.165) is 70.5 Å². The summed E-state index contributed by atoms with van der Waals surface area (Å²) in [4.78, 5) is 18.8. The molecule has 1 N–H and O–H groups in total. The third-order valence-electron chi connectivity index (χ3n) is 6.04. The zero-order valence-electron chi connectivity index (χ0n) is 18.6. The summed E-state index contributed by atoms with van der Waals surface area (Å²) in [5, 5.41) is 9.84. The smallest absolute Gasteiger partial charge is 0.228 e. The number of anilines is 3. The monoisotopic (exact) mass is 494 g/mol. The highest BCUT2D eigenvalue weighted by Crippen LogP contribution is 2.32. The molecule has 1 aliphatic rings. The Kier molecular flexibility index (Phi) is 5.69. The number of hydrogen-bond acceptors (Lipinski definition) is 7. The number of nitrogens with one attached hydrogen (secondary N) is 1. The van der Waals surface area contributed by atoms with Crippen LogP contribution in [0.2, 0.25) is 0 Å². The van der Waals surface area contributed by atoms with Crippen LogP contribution in [0, 0.1) is 0 Å². The van der Waals surface area contributed by atoms with Gasteiger partial charge in [0.15, 0.2) is 0 Å². The number of nitrogens with zero attached hydrogens (tertiary/aromatic N) is 7. The average molecular weight is 495 g/mol. The van der Waals surface area contributed by atoms with Crippen LogP contribution in [0.5, 0.6) is 0 Å². The van der Waals surface area contributed by atoms with Crippen molar-refractivity contribution in [1.82, 2.24) is 29.6 Å². The van der Waals surface area contributed by atoms with Crippen molar-refractivity contribution >= 4 is 55.2 Å². The van der Waals surface area contributed by atoms with Gasteiger partial charge in [-0.3, -0.25) is 4.68 Å². The largest absolute Gasteiger partial charge is 0.368 e. The maximum Gasteiger partial charge on any atom is 0.228 e. The number of piperazine rings is 1. The number of benzene rings is 1. The first-order valence-electron chi connectivity index (χ1n) is 11.1. The van der Waals surface area contributed by atoms with Gasteiger partial charge in [0.25, 0.3) is 0 Å². The molecule has 0 unspecified atom stereocenters. The van der Waals surface area contributed by atoms with Crippen LogP contribution in [0.3, 0.4) is 0 Å². The van der Waals surface area contributed by atoms with Crippen LogP contribution < -0.4 is 10.2 Å². The lowest BCUT2D eigenvalue weighted by atomic mass is 10.2. The fraction of sp³-hybridized carbons (Fsp3) is 0.391. The topological polar surface area (TPSA) is 75.0 Å². The second-order valence-corrected chi connectivity index (χ2v) is 9.24. The van der Waals surface area contributed by atoms with Crippen molar-refractivity contribution in [3.63, 3.8) is 0 Å². The van der Waals surface area contributed by atoms with E-state index >= 15 is 0 Å². The molecule has 1 aromatic carbocycles. The Hall–Kier alpha value is -2.78. The molecule has 8 nitrogen and oxygen atoms in total. The van der Waals surface area contributed by atoms with Crippen molar-refractivity contribution in [2.75, 3.05) is 42.9 Å². The lowest BCUT2D eigenvalue weighted by Crippen LogP contribution is -2.46. The Morgan fingerprint density at radius 1 is 1.06 bits per heavy atom. The van der Waals surface area contributed by atoms with Crippen LogP contribution in [0.1, 0.15) is 26.8 Å². The third kappa shape index (κ3) is 3.91. The molecule has 0 amide bonds. The minimum Gasteiger partial charge on any atom is -0.368 e. The molecule has 0 radical (unpaired) electrons. The molecule has 0 aliphatic carbocycles. The van der Waals surface area contributed by atoms with Gasteiger partial charge in [-0.2, -0.15) is 5.10 Å². The minimum atomic E-state index is 0.227. The summed E-state index contributed by atoms with van der Waals surface area (Å²) in [5.41, 5.74) is 3.03. The Labute approximate surface area is 195 Å². The molecule has 0 atom stereocenters. The molecule has 4 aromatic rings. The predicted octanol–water partition coefficient (Wildman–Crippen LogP) is 4.60. The van der Waals surface area contributed by atoms with Crippen molar-refractivity contribution in [1.29, 1.82) is 0 Å². The third-order valence-corrected chi connectivity index (χ3v) is 6.69. The van der Waals surface area contributed by atoms with Crippen molar-refractivity contribution in [3.05, 3.63) is 41.3 Å². The van der Waals surface area contributed by atoms with E-state index < -0.39 is 0 Å². The van der Waals surface area contributed by atoms with Crippen LogP contribution in [0.4, 0.5) is 17.5 Å². The molecular weight excluding hydrogens is 468 g/mol. The van der Waals surface area contributed by atoms with Gasteiger partial charge in [0.1, 0.15) is 11.3 Å². The highest BCUT2D eigenvalue weighted by Gasteiger charge is 2.17. The van der Waals surface area contributed by atoms with E-state index in [2.05, 4.69) is 73.0 Å². The standard InChI is InChI=1S/C23H27BrN8/c1-4-30-7-9-31(10-8-30)17-5-6-20(25-13-17)28-23-26-12-16-11-19(24)18-14-27-32(15(2)3)22(18)21(16)29-23/h5-6,11-15H,4,7-10H2,1-3H3,(H,25,26,28,29). The molecule has 3 aromatic heterocycles. The molecule has 166 valence electrons. The first kappa shape index (κ1) is 21.1. The van der Waals surface area contributed by atoms with E-state index in [1.54, 1.807) is 0 Å². The van der Waals surface area contributed by atoms with Crippen molar-refractivity contribution < 1.29 is 0 Å². The number of rotatable bonds is 5. The maximum atomic E-state index is 4.83. The molecule has 4 heterocycles. The number of likely N-dealkylation sites (N-methyl/N-ethyl adjacent to an activating group) is 1. The van der Waals surface area contributed by atoms with Gasteiger partial charge in [-0.15, -0.1) is 0 Å². The molecule has 5 rings (SSSR count). The van der Waals surface area contributed by atoms with E-state index in [1.807, 2.05) is 35.4 Å². The Morgan fingerprint density at radius 2 is 1.88 bits per heavy atom. The number of hydrogen-bond donors (Lipinski definition) is 1. The van der Waals surface area contributed by atoms with Gasteiger partial charge >= 0.3 is 0 Å². The van der Waals surface area contributed by atoms with Crippen LogP contribution >= 0.6 is 15.9 Å². The molecule has 9 heteroatoms. The molecule has 32 heavy (non-hydrogen) atoms. The first-order chi connectivity index (χ1) is 15.5. The van der Waals surface area contributed by atoms with Gasteiger partial charge in [-0.1, -0.05) is 22.9 Å². The molecule has 0 saturated carbocycles. The summed E-state index contributed by atoms with van der Waals surface area (Å²) < 4.78 is 3.00. The second kappa shape index (κ2) is 8.63. The minimum absolute atomic E-state index is 0.227. The van der Waals surface area contributed by atoms with E-state index in [9.17, 15) is 0 Å². The van der Waals surface area contributed by atoms with Crippen LogP contribution in [0.15, 0.2) is 41.3 Å². The molecule has 0 spiro atoms. The summed E-state index contributed by atoms with van der Waals surface area (Å²) in [5.74, 6) is 1.25. The Morgan fingerprint density at radius 3 is 2.56 bits per heavy atom. The number of fused-ring (bicyclic) bond motifs is 3. The normalized spacial score (nSPS) is 15.2. The fourth-order valence-electron chi connectivity index (χ4n) is 4.21. The lowest BCUT2D eigenvalue weighted by molar-refractivity contribution is 0.271. The summed E-state index contributed by atoms with van der Waals surface area (Å²) in [6.07, 6.45) is 5.65. The zero-order chi connectivity index (χ0) is 22.2. The summed E-state index contributed by atoms with van der Waals surface area (Å²) >= 11 is 3.66. The van der Waals surface area contributed by atoms with Gasteiger partial charge in [0, 0.05) is 53.7 Å². The van der Waals surface area contributed by atoms with E-state index in [0.29, 0.717) is 5.95 Å². The van der Waals surface area contributed by atoms with E-state index in [-0.39, 0.29) is 6.04 Å². The van der Waals surface area contributed by atoms with Crippen LogP contribution in [-0.4, -0.2) is 62.4 Å². The lowest BCUT2D eigenvalue weighted by Gasteiger charge is -2.35. The average Bonchev–Trinajstić information content (AvgIpc) is 3.27. The molecule has 1 saturated heterocycles. The predicted molar refractivity (Wildman–Crippen MR) is 133 cm³/mol. The molecular formula is C23H27BrN8. The second-order valence-electron chi connectivity index (χ2n) is 8.38. The fourth-order valence-corrected chi connectivity index (χ4v) is 4.75. The highest BCUT2D eigenvalue weighted by molar-refractivity contribution is 9.10. The summed E-state index contributed by atoms with van der Waals surface area (Å²) in [6, 6.07) is 6.37. The van der Waals surface area contributed by atoms with Crippen LogP contribution in [0.25, 0.3) is 21.8 Å². The Balaban J connectivity index is 1.41. The SMILES string of the molecule is CCN1CCN(c2ccc(Nc3ncc4cc(Br)c5cnn(C(C)C)c5c4n3)nc2)CC1. The Bertz CT molecular complexity index is 1240. The van der Waals surface area contributed by atoms with Crippen molar-refractivity contribution in [2.24, 2.45) is 0 Å². The molecule has 0 bridgehead atoms. The van der Waals surface area contributed by atoms with E-state index in [4.69, 9.17) is 4.98 Å². The van der Waals surface area contributed by atoms with Gasteiger partial charge in [-0.25, -0.2) is 15.0 Å². The van der Waals surface area contributed by atoms with Gasteiger partial charge in [0.2, 0.25) is 5.95 Å². The molecule has 1 fully saturated rings. The number of halogens is 1. The van der Waals surface area contributed by atoms with Gasteiger partial charge in [0.05, 0.1) is 23.6 Å². The van der Waals surface area contributed by atoms with Crippen molar-refractivity contribution in [3.8, 4) is 0 Å². The molecule has 1 aliphatic heterocycles. The highest BCUT2D eigenvalue weighted by atomic mass is 79.9. The van der Waals surface area contributed by atoms with Gasteiger partial charge < -0.3 is 15.1 Å².